The molecule has 22 heavy (non-hydrogen) atoms. The highest BCUT2D eigenvalue weighted by molar-refractivity contribution is 7.99. The monoisotopic (exact) mass is 327 g/mol. The summed E-state index contributed by atoms with van der Waals surface area (Å²) in [6.07, 6.45) is -2.92. The van der Waals surface area contributed by atoms with Crippen molar-refractivity contribution in [3.05, 3.63) is 47.8 Å². The smallest absolute Gasteiger partial charge is 0.327 e. The Morgan fingerprint density at radius 2 is 2.09 bits per heavy atom. The number of hydrogen-bond donors (Lipinski definition) is 0. The summed E-state index contributed by atoms with van der Waals surface area (Å²) < 4.78 is 39.5. The van der Waals surface area contributed by atoms with Crippen molar-refractivity contribution in [1.29, 1.82) is 0 Å². The largest absolute Gasteiger partial charge is 0.416 e. The number of carbonyl (C=O) groups excluding carboxylic acids is 1. The summed E-state index contributed by atoms with van der Waals surface area (Å²) in [7, 11) is 0. The van der Waals surface area contributed by atoms with E-state index in [1.807, 2.05) is 0 Å². The summed E-state index contributed by atoms with van der Waals surface area (Å²) >= 11 is 1.66. The first-order valence-corrected chi connectivity index (χ1v) is 7.71. The molecule has 3 rings (SSSR count). The average molecular weight is 327 g/mol. The van der Waals surface area contributed by atoms with E-state index in [2.05, 4.69) is 5.10 Å². The predicted octanol–water partition coefficient (Wildman–Crippen LogP) is 3.04. The first kappa shape index (κ1) is 15.0. The van der Waals surface area contributed by atoms with E-state index in [1.165, 1.54) is 29.1 Å². The summed E-state index contributed by atoms with van der Waals surface area (Å²) in [5, 5.41) is 4.10. The molecule has 116 valence electrons. The molecule has 0 aliphatic carbocycles. The maximum Gasteiger partial charge on any atom is 0.416 e. The van der Waals surface area contributed by atoms with Crippen LogP contribution < -0.4 is 0 Å². The van der Waals surface area contributed by atoms with Gasteiger partial charge in [0.1, 0.15) is 0 Å². The lowest BCUT2D eigenvalue weighted by atomic mass is 10.2. The molecule has 0 unspecified atom stereocenters. The predicted molar refractivity (Wildman–Crippen MR) is 76.9 cm³/mol. The van der Waals surface area contributed by atoms with Gasteiger partial charge in [0.25, 0.3) is 5.91 Å². The SMILES string of the molecule is O=C(c1ccn(-c2cccc(C(F)(F)F)c2)n1)N1CCSC1. The van der Waals surface area contributed by atoms with Crippen LogP contribution in [0.1, 0.15) is 16.1 Å². The Hall–Kier alpha value is -1.96. The Labute approximate surface area is 128 Å². The first-order valence-electron chi connectivity index (χ1n) is 6.55. The fraction of sp³-hybridized carbons (Fsp3) is 0.286. The van der Waals surface area contributed by atoms with Gasteiger partial charge in [-0.05, 0) is 24.3 Å². The van der Waals surface area contributed by atoms with Crippen LogP contribution in [0.4, 0.5) is 13.2 Å². The molecule has 0 radical (unpaired) electrons. The van der Waals surface area contributed by atoms with Crippen LogP contribution in [0, 0.1) is 0 Å². The number of carbonyl (C=O) groups is 1. The lowest BCUT2D eigenvalue weighted by Gasteiger charge is -2.12. The molecule has 4 nitrogen and oxygen atoms in total. The normalized spacial score (nSPS) is 15.3. The highest BCUT2D eigenvalue weighted by Crippen LogP contribution is 2.30. The Bertz CT molecular complexity index is 693. The van der Waals surface area contributed by atoms with Gasteiger partial charge in [0.15, 0.2) is 5.69 Å². The minimum Gasteiger partial charge on any atom is -0.327 e. The van der Waals surface area contributed by atoms with Crippen LogP contribution in [0.2, 0.25) is 0 Å². The van der Waals surface area contributed by atoms with Crippen LogP contribution in [0.15, 0.2) is 36.5 Å². The molecule has 8 heteroatoms. The van der Waals surface area contributed by atoms with Crippen molar-refractivity contribution < 1.29 is 18.0 Å². The van der Waals surface area contributed by atoms with Crippen molar-refractivity contribution in [2.45, 2.75) is 6.18 Å². The minimum atomic E-state index is -4.41. The fourth-order valence-electron chi connectivity index (χ4n) is 2.14. The van der Waals surface area contributed by atoms with Crippen LogP contribution >= 0.6 is 11.8 Å². The topological polar surface area (TPSA) is 38.1 Å². The summed E-state index contributed by atoms with van der Waals surface area (Å²) in [5.74, 6) is 1.31. The molecule has 1 aliphatic heterocycles. The van der Waals surface area contributed by atoms with Crippen molar-refractivity contribution >= 4 is 17.7 Å². The molecule has 2 aromatic rings. The van der Waals surface area contributed by atoms with Crippen LogP contribution in [0.5, 0.6) is 0 Å². The molecule has 1 amide bonds. The van der Waals surface area contributed by atoms with Gasteiger partial charge in [-0.3, -0.25) is 4.79 Å². The zero-order valence-electron chi connectivity index (χ0n) is 11.4. The van der Waals surface area contributed by atoms with Crippen LogP contribution in [0.25, 0.3) is 5.69 Å². The number of aromatic nitrogens is 2. The van der Waals surface area contributed by atoms with Gasteiger partial charge in [-0.15, -0.1) is 11.8 Å². The maximum atomic E-state index is 12.7. The van der Waals surface area contributed by atoms with Crippen molar-refractivity contribution in [2.75, 3.05) is 18.2 Å². The van der Waals surface area contributed by atoms with Gasteiger partial charge in [0.2, 0.25) is 0 Å². The summed E-state index contributed by atoms with van der Waals surface area (Å²) in [6.45, 7) is 0.667. The van der Waals surface area contributed by atoms with Crippen LogP contribution in [-0.4, -0.2) is 38.8 Å². The van der Waals surface area contributed by atoms with Crippen molar-refractivity contribution in [3.63, 3.8) is 0 Å². The Morgan fingerprint density at radius 1 is 1.27 bits per heavy atom. The van der Waals surface area contributed by atoms with E-state index in [1.54, 1.807) is 16.7 Å². The third-order valence-electron chi connectivity index (χ3n) is 3.29. The number of amides is 1. The second-order valence-corrected chi connectivity index (χ2v) is 5.87. The molecular weight excluding hydrogens is 315 g/mol. The average Bonchev–Trinajstić information content (AvgIpc) is 3.17. The molecule has 0 atom stereocenters. The summed E-state index contributed by atoms with van der Waals surface area (Å²) in [6, 6.07) is 6.36. The van der Waals surface area contributed by atoms with E-state index in [0.29, 0.717) is 12.4 Å². The van der Waals surface area contributed by atoms with Crippen molar-refractivity contribution in [3.8, 4) is 5.69 Å². The summed E-state index contributed by atoms with van der Waals surface area (Å²) in [4.78, 5) is 13.8. The van der Waals surface area contributed by atoms with Gasteiger partial charge in [-0.1, -0.05) is 6.07 Å². The molecule has 0 N–H and O–H groups in total. The molecule has 2 heterocycles. The van der Waals surface area contributed by atoms with Gasteiger partial charge in [0, 0.05) is 18.5 Å². The van der Waals surface area contributed by atoms with E-state index in [9.17, 15) is 18.0 Å². The molecular formula is C14H12F3N3OS. The number of thioether (sulfide) groups is 1. The first-order chi connectivity index (χ1) is 10.4. The van der Waals surface area contributed by atoms with E-state index in [4.69, 9.17) is 0 Å². The highest BCUT2D eigenvalue weighted by atomic mass is 32.2. The molecule has 0 bridgehead atoms. The quantitative estimate of drug-likeness (QED) is 0.851. The molecule has 0 spiro atoms. The second-order valence-electron chi connectivity index (χ2n) is 4.80. The molecule has 1 aliphatic rings. The van der Waals surface area contributed by atoms with Gasteiger partial charge in [-0.2, -0.15) is 18.3 Å². The molecule has 1 fully saturated rings. The lowest BCUT2D eigenvalue weighted by molar-refractivity contribution is -0.137. The number of nitrogens with zero attached hydrogens (tertiary/aromatic N) is 3. The van der Waals surface area contributed by atoms with Gasteiger partial charge in [0.05, 0.1) is 17.1 Å². The summed E-state index contributed by atoms with van der Waals surface area (Å²) in [5.41, 5.74) is -0.242. The Kier molecular flexibility index (Phi) is 3.86. The third kappa shape index (κ3) is 2.96. The van der Waals surface area contributed by atoms with Gasteiger partial charge >= 0.3 is 6.18 Å². The van der Waals surface area contributed by atoms with Crippen molar-refractivity contribution in [2.24, 2.45) is 0 Å². The minimum absolute atomic E-state index is 0.198. The fourth-order valence-corrected chi connectivity index (χ4v) is 3.09. The molecule has 1 aromatic heterocycles. The van der Waals surface area contributed by atoms with E-state index < -0.39 is 11.7 Å². The van der Waals surface area contributed by atoms with Gasteiger partial charge < -0.3 is 4.90 Å². The number of halogens is 3. The van der Waals surface area contributed by atoms with Gasteiger partial charge in [-0.25, -0.2) is 4.68 Å². The number of benzene rings is 1. The molecule has 0 saturated carbocycles. The van der Waals surface area contributed by atoms with E-state index >= 15 is 0 Å². The molecule has 1 aromatic carbocycles. The van der Waals surface area contributed by atoms with E-state index in [0.717, 1.165) is 17.9 Å². The Morgan fingerprint density at radius 3 is 2.77 bits per heavy atom. The number of hydrogen-bond acceptors (Lipinski definition) is 3. The van der Waals surface area contributed by atoms with E-state index in [-0.39, 0.29) is 17.3 Å². The maximum absolute atomic E-state index is 12.7. The van der Waals surface area contributed by atoms with Crippen LogP contribution in [0.3, 0.4) is 0 Å². The second kappa shape index (κ2) is 5.68. The highest BCUT2D eigenvalue weighted by Gasteiger charge is 2.30. The van der Waals surface area contributed by atoms with Crippen molar-refractivity contribution in [1.82, 2.24) is 14.7 Å². The standard InChI is InChI=1S/C14H12F3N3OS/c15-14(16,17)10-2-1-3-11(8-10)20-5-4-12(18-20)13(21)19-6-7-22-9-19/h1-5,8H,6-7,9H2. The lowest BCUT2D eigenvalue weighted by Crippen LogP contribution is -2.28. The Balaban J connectivity index is 1.86. The zero-order chi connectivity index (χ0) is 15.7. The number of rotatable bonds is 2. The number of alkyl halides is 3. The zero-order valence-corrected chi connectivity index (χ0v) is 12.2. The third-order valence-corrected chi connectivity index (χ3v) is 4.25. The molecule has 1 saturated heterocycles. The van der Waals surface area contributed by atoms with Crippen LogP contribution in [-0.2, 0) is 6.18 Å².